The van der Waals surface area contributed by atoms with Crippen LogP contribution in [0.5, 0.6) is 6.08 Å². The maximum atomic E-state index is 11.8. The molecule has 1 heterocycles. The average molecular weight is 264 g/mol. The standard InChI is InChI=1S/C8H4BrF2NO2/c9-4-1-2-5-6(3-4)13-8(12-5)14-7(10)11/h1-3,7H. The summed E-state index contributed by atoms with van der Waals surface area (Å²) in [6.07, 6.45) is -0.423. The molecule has 74 valence electrons. The van der Waals surface area contributed by atoms with Crippen LogP contribution in [-0.2, 0) is 0 Å². The number of oxazole rings is 1. The SMILES string of the molecule is FC(F)Oc1nc2ccc(Br)cc2o1. The van der Waals surface area contributed by atoms with E-state index in [2.05, 4.69) is 25.7 Å². The zero-order valence-electron chi connectivity index (χ0n) is 6.71. The van der Waals surface area contributed by atoms with Gasteiger partial charge in [-0.2, -0.15) is 13.8 Å². The van der Waals surface area contributed by atoms with Crippen LogP contribution in [-0.4, -0.2) is 11.6 Å². The van der Waals surface area contributed by atoms with E-state index < -0.39 is 12.7 Å². The van der Waals surface area contributed by atoms with Gasteiger partial charge in [-0.3, -0.25) is 0 Å². The largest absolute Gasteiger partial charge is 0.409 e. The highest BCUT2D eigenvalue weighted by Crippen LogP contribution is 2.24. The zero-order valence-corrected chi connectivity index (χ0v) is 8.29. The molecule has 2 rings (SSSR count). The summed E-state index contributed by atoms with van der Waals surface area (Å²) in [5.41, 5.74) is 0.874. The number of rotatable bonds is 2. The third-order valence-corrected chi connectivity index (χ3v) is 2.01. The Kier molecular flexibility index (Phi) is 2.37. The molecule has 0 unspecified atom stereocenters. The van der Waals surface area contributed by atoms with E-state index in [4.69, 9.17) is 4.42 Å². The van der Waals surface area contributed by atoms with Gasteiger partial charge in [0.2, 0.25) is 0 Å². The van der Waals surface area contributed by atoms with Crippen LogP contribution in [0.4, 0.5) is 8.78 Å². The van der Waals surface area contributed by atoms with E-state index in [1.54, 1.807) is 18.2 Å². The molecule has 0 aliphatic carbocycles. The molecule has 1 aromatic carbocycles. The molecule has 3 nitrogen and oxygen atoms in total. The van der Waals surface area contributed by atoms with E-state index in [-0.39, 0.29) is 0 Å². The molecule has 0 amide bonds. The number of benzene rings is 1. The van der Waals surface area contributed by atoms with E-state index in [1.807, 2.05) is 0 Å². The minimum absolute atomic E-state index is 0.398. The smallest absolute Gasteiger partial charge is 0.399 e. The lowest BCUT2D eigenvalue weighted by atomic mass is 10.3. The molecule has 0 radical (unpaired) electrons. The minimum Gasteiger partial charge on any atom is -0.409 e. The van der Waals surface area contributed by atoms with Gasteiger partial charge >= 0.3 is 12.7 Å². The first kappa shape index (κ1) is 9.39. The average Bonchev–Trinajstić information content (AvgIpc) is 2.44. The Morgan fingerprint density at radius 3 is 2.93 bits per heavy atom. The van der Waals surface area contributed by atoms with Crippen LogP contribution in [0.1, 0.15) is 0 Å². The van der Waals surface area contributed by atoms with Crippen molar-refractivity contribution in [2.75, 3.05) is 0 Å². The summed E-state index contributed by atoms with van der Waals surface area (Å²) in [4.78, 5) is 3.70. The topological polar surface area (TPSA) is 35.3 Å². The van der Waals surface area contributed by atoms with Gasteiger partial charge in [0.1, 0.15) is 5.52 Å². The normalized spacial score (nSPS) is 11.1. The van der Waals surface area contributed by atoms with Crippen LogP contribution < -0.4 is 4.74 Å². The molecular formula is C8H4BrF2NO2. The molecule has 0 saturated carbocycles. The van der Waals surface area contributed by atoms with Crippen molar-refractivity contribution in [2.24, 2.45) is 0 Å². The van der Waals surface area contributed by atoms with Crippen molar-refractivity contribution < 1.29 is 17.9 Å². The summed E-state index contributed by atoms with van der Waals surface area (Å²) in [5, 5.41) is 0. The molecule has 0 saturated heterocycles. The lowest BCUT2D eigenvalue weighted by Gasteiger charge is -1.94. The Labute approximate surface area is 85.8 Å². The van der Waals surface area contributed by atoms with E-state index >= 15 is 0 Å². The molecule has 0 bridgehead atoms. The van der Waals surface area contributed by atoms with Gasteiger partial charge in [-0.25, -0.2) is 0 Å². The van der Waals surface area contributed by atoms with Crippen molar-refractivity contribution in [3.05, 3.63) is 22.7 Å². The van der Waals surface area contributed by atoms with Crippen LogP contribution in [0.15, 0.2) is 27.1 Å². The lowest BCUT2D eigenvalue weighted by Crippen LogP contribution is -2.01. The van der Waals surface area contributed by atoms with Crippen molar-refractivity contribution in [3.63, 3.8) is 0 Å². The van der Waals surface area contributed by atoms with Crippen molar-refractivity contribution in [3.8, 4) is 6.08 Å². The molecule has 2 aromatic rings. The molecular weight excluding hydrogens is 260 g/mol. The summed E-state index contributed by atoms with van der Waals surface area (Å²) in [5.74, 6) is 0. The van der Waals surface area contributed by atoms with Crippen molar-refractivity contribution in [1.29, 1.82) is 0 Å². The highest BCUT2D eigenvalue weighted by Gasteiger charge is 2.11. The highest BCUT2D eigenvalue weighted by atomic mass is 79.9. The van der Waals surface area contributed by atoms with Gasteiger partial charge in [-0.15, -0.1) is 0 Å². The Bertz CT molecular complexity index is 458. The van der Waals surface area contributed by atoms with Gasteiger partial charge < -0.3 is 9.15 Å². The van der Waals surface area contributed by atoms with Gasteiger partial charge in [0.15, 0.2) is 5.58 Å². The van der Waals surface area contributed by atoms with Crippen LogP contribution in [0.25, 0.3) is 11.1 Å². The zero-order chi connectivity index (χ0) is 10.1. The number of hydrogen-bond donors (Lipinski definition) is 0. The molecule has 0 aliphatic rings. The molecule has 0 spiro atoms. The second-order valence-electron chi connectivity index (χ2n) is 2.47. The summed E-state index contributed by atoms with van der Waals surface area (Å²) >= 11 is 3.22. The van der Waals surface area contributed by atoms with Crippen LogP contribution >= 0.6 is 15.9 Å². The first-order valence-corrected chi connectivity index (χ1v) is 4.45. The Balaban J connectivity index is 2.41. The predicted molar refractivity (Wildman–Crippen MR) is 48.3 cm³/mol. The molecule has 1 aromatic heterocycles. The number of halogens is 3. The maximum absolute atomic E-state index is 11.8. The van der Waals surface area contributed by atoms with Crippen LogP contribution in [0.2, 0.25) is 0 Å². The number of hydrogen-bond acceptors (Lipinski definition) is 3. The summed E-state index contributed by atoms with van der Waals surface area (Å²) in [7, 11) is 0. The van der Waals surface area contributed by atoms with Crippen molar-refractivity contribution >= 4 is 27.0 Å². The number of ether oxygens (including phenoxy) is 1. The fourth-order valence-electron chi connectivity index (χ4n) is 1.00. The number of nitrogens with zero attached hydrogens (tertiary/aromatic N) is 1. The fraction of sp³-hybridized carbons (Fsp3) is 0.125. The number of alkyl halides is 2. The molecule has 0 N–H and O–H groups in total. The van der Waals surface area contributed by atoms with E-state index in [0.29, 0.717) is 11.1 Å². The molecule has 0 atom stereocenters. The third kappa shape index (κ3) is 1.84. The third-order valence-electron chi connectivity index (χ3n) is 1.52. The summed E-state index contributed by atoms with van der Waals surface area (Å²) in [6.45, 7) is -2.92. The van der Waals surface area contributed by atoms with E-state index in [1.165, 1.54) is 0 Å². The number of aromatic nitrogens is 1. The van der Waals surface area contributed by atoms with Crippen molar-refractivity contribution in [1.82, 2.24) is 4.98 Å². The predicted octanol–water partition coefficient (Wildman–Crippen LogP) is 3.19. The van der Waals surface area contributed by atoms with Gasteiger partial charge in [-0.05, 0) is 18.2 Å². The Morgan fingerprint density at radius 1 is 1.43 bits per heavy atom. The first-order chi connectivity index (χ1) is 6.65. The van der Waals surface area contributed by atoms with E-state index in [9.17, 15) is 8.78 Å². The molecule has 6 heteroatoms. The van der Waals surface area contributed by atoms with Gasteiger partial charge in [0.05, 0.1) is 0 Å². The second-order valence-corrected chi connectivity index (χ2v) is 3.39. The van der Waals surface area contributed by atoms with Gasteiger partial charge in [0, 0.05) is 4.47 Å². The maximum Gasteiger partial charge on any atom is 0.399 e. The molecule has 0 fully saturated rings. The van der Waals surface area contributed by atoms with E-state index in [0.717, 1.165) is 4.47 Å². The fourth-order valence-corrected chi connectivity index (χ4v) is 1.34. The van der Waals surface area contributed by atoms with Gasteiger partial charge in [-0.1, -0.05) is 15.9 Å². The summed E-state index contributed by atoms with van der Waals surface area (Å²) in [6, 6.07) is 5.00. The first-order valence-electron chi connectivity index (χ1n) is 3.66. The quantitative estimate of drug-likeness (QED) is 0.835. The Hall–Kier alpha value is -1.17. The monoisotopic (exact) mass is 263 g/mol. The molecule has 0 aliphatic heterocycles. The van der Waals surface area contributed by atoms with Crippen LogP contribution in [0, 0.1) is 0 Å². The molecule has 14 heavy (non-hydrogen) atoms. The lowest BCUT2D eigenvalue weighted by molar-refractivity contribution is -0.0664. The van der Waals surface area contributed by atoms with Gasteiger partial charge in [0.25, 0.3) is 0 Å². The minimum atomic E-state index is -2.92. The summed E-state index contributed by atoms with van der Waals surface area (Å²) < 4.78 is 33.3. The highest BCUT2D eigenvalue weighted by molar-refractivity contribution is 9.10. The van der Waals surface area contributed by atoms with Crippen LogP contribution in [0.3, 0.4) is 0 Å². The number of fused-ring (bicyclic) bond motifs is 1. The van der Waals surface area contributed by atoms with Crippen molar-refractivity contribution in [2.45, 2.75) is 6.61 Å². The second kappa shape index (κ2) is 3.53. The Morgan fingerprint density at radius 2 is 2.21 bits per heavy atom.